The van der Waals surface area contributed by atoms with Crippen LogP contribution in [0.2, 0.25) is 0 Å². The third kappa shape index (κ3) is 3.28. The summed E-state index contributed by atoms with van der Waals surface area (Å²) in [6.07, 6.45) is 1.91. The Balaban J connectivity index is 1.76. The zero-order valence-corrected chi connectivity index (χ0v) is 15.4. The highest BCUT2D eigenvalue weighted by molar-refractivity contribution is 7.99. The lowest BCUT2D eigenvalue weighted by Gasteiger charge is -2.13. The molecular formula is C20H18N4OS. The highest BCUT2D eigenvalue weighted by atomic mass is 32.2. The van der Waals surface area contributed by atoms with Crippen LogP contribution in [-0.2, 0) is 0 Å². The molecule has 0 aliphatic rings. The standard InChI is InChI=1S/C20H18N4OS/c1-14(19-22-15(2)23-25-19)26-20-21-13-18(16-9-5-3-6-10-16)24(20)17-11-7-4-8-12-17/h3-14H,1-2H3/t14-/m1/s1. The predicted molar refractivity (Wildman–Crippen MR) is 102 cm³/mol. The van der Waals surface area contributed by atoms with Gasteiger partial charge in [-0.15, -0.1) is 0 Å². The van der Waals surface area contributed by atoms with Crippen LogP contribution >= 0.6 is 11.8 Å². The van der Waals surface area contributed by atoms with Crippen molar-refractivity contribution in [2.24, 2.45) is 0 Å². The molecule has 0 saturated carbocycles. The van der Waals surface area contributed by atoms with Crippen molar-refractivity contribution in [3.63, 3.8) is 0 Å². The van der Waals surface area contributed by atoms with Gasteiger partial charge in [-0.05, 0) is 26.0 Å². The highest BCUT2D eigenvalue weighted by Crippen LogP contribution is 2.37. The van der Waals surface area contributed by atoms with E-state index in [1.807, 2.05) is 56.4 Å². The summed E-state index contributed by atoms with van der Waals surface area (Å²) >= 11 is 1.60. The molecule has 6 heteroatoms. The summed E-state index contributed by atoms with van der Waals surface area (Å²) in [6, 6.07) is 20.5. The van der Waals surface area contributed by atoms with Crippen molar-refractivity contribution in [1.29, 1.82) is 0 Å². The minimum atomic E-state index is 0.00434. The first-order valence-corrected chi connectivity index (χ1v) is 9.26. The predicted octanol–water partition coefficient (Wildman–Crippen LogP) is 5.08. The van der Waals surface area contributed by atoms with Gasteiger partial charge in [-0.25, -0.2) is 4.98 Å². The van der Waals surface area contributed by atoms with Gasteiger partial charge in [-0.1, -0.05) is 65.4 Å². The van der Waals surface area contributed by atoms with Crippen molar-refractivity contribution in [2.75, 3.05) is 0 Å². The van der Waals surface area contributed by atoms with Crippen LogP contribution < -0.4 is 0 Å². The van der Waals surface area contributed by atoms with E-state index in [-0.39, 0.29) is 5.25 Å². The molecule has 4 rings (SSSR count). The monoisotopic (exact) mass is 362 g/mol. The van der Waals surface area contributed by atoms with Crippen LogP contribution in [0.4, 0.5) is 0 Å². The Morgan fingerprint density at radius 1 is 1.00 bits per heavy atom. The van der Waals surface area contributed by atoms with Crippen molar-refractivity contribution in [2.45, 2.75) is 24.3 Å². The normalized spacial score (nSPS) is 12.2. The van der Waals surface area contributed by atoms with Gasteiger partial charge >= 0.3 is 0 Å². The molecule has 130 valence electrons. The summed E-state index contributed by atoms with van der Waals surface area (Å²) in [6.45, 7) is 3.87. The summed E-state index contributed by atoms with van der Waals surface area (Å²) in [5.74, 6) is 1.25. The van der Waals surface area contributed by atoms with E-state index in [4.69, 9.17) is 4.52 Å². The second kappa shape index (κ2) is 7.17. The number of aryl methyl sites for hydroxylation is 1. The molecule has 0 amide bonds. The largest absolute Gasteiger partial charge is 0.338 e. The van der Waals surface area contributed by atoms with E-state index in [2.05, 4.69) is 44.0 Å². The third-order valence-electron chi connectivity index (χ3n) is 3.99. The van der Waals surface area contributed by atoms with Crippen LogP contribution in [0.15, 0.2) is 76.5 Å². The number of imidazole rings is 1. The Labute approximate surface area is 156 Å². The molecule has 4 aromatic rings. The molecule has 0 saturated heterocycles. The Morgan fingerprint density at radius 2 is 1.69 bits per heavy atom. The van der Waals surface area contributed by atoms with E-state index in [0.29, 0.717) is 11.7 Å². The third-order valence-corrected chi connectivity index (χ3v) is 5.04. The van der Waals surface area contributed by atoms with Crippen molar-refractivity contribution in [1.82, 2.24) is 19.7 Å². The van der Waals surface area contributed by atoms with E-state index in [9.17, 15) is 0 Å². The van der Waals surface area contributed by atoms with Crippen molar-refractivity contribution >= 4 is 11.8 Å². The van der Waals surface area contributed by atoms with Gasteiger partial charge in [0.2, 0.25) is 5.89 Å². The van der Waals surface area contributed by atoms with Crippen LogP contribution in [0, 0.1) is 6.92 Å². The number of hydrogen-bond donors (Lipinski definition) is 0. The van der Waals surface area contributed by atoms with Crippen LogP contribution in [0.5, 0.6) is 0 Å². The summed E-state index contributed by atoms with van der Waals surface area (Å²) in [4.78, 5) is 9.02. The highest BCUT2D eigenvalue weighted by Gasteiger charge is 2.20. The van der Waals surface area contributed by atoms with Gasteiger partial charge in [0.25, 0.3) is 0 Å². The molecule has 0 spiro atoms. The Bertz CT molecular complexity index is 995. The fourth-order valence-electron chi connectivity index (χ4n) is 2.74. The fraction of sp³-hybridized carbons (Fsp3) is 0.150. The first kappa shape index (κ1) is 16.6. The lowest BCUT2D eigenvalue weighted by molar-refractivity contribution is 0.376. The molecule has 5 nitrogen and oxygen atoms in total. The van der Waals surface area contributed by atoms with E-state index in [1.54, 1.807) is 11.8 Å². The first-order valence-electron chi connectivity index (χ1n) is 8.38. The molecule has 0 aliphatic heterocycles. The second-order valence-electron chi connectivity index (χ2n) is 5.90. The molecule has 26 heavy (non-hydrogen) atoms. The lowest BCUT2D eigenvalue weighted by atomic mass is 10.1. The van der Waals surface area contributed by atoms with Gasteiger partial charge in [0.05, 0.1) is 17.1 Å². The summed E-state index contributed by atoms with van der Waals surface area (Å²) in [5, 5.41) is 4.78. The van der Waals surface area contributed by atoms with Gasteiger partial charge < -0.3 is 4.52 Å². The minimum Gasteiger partial charge on any atom is -0.338 e. The number of nitrogens with zero attached hydrogens (tertiary/aromatic N) is 4. The van der Waals surface area contributed by atoms with Gasteiger partial charge in [0.1, 0.15) is 0 Å². The minimum absolute atomic E-state index is 0.00434. The van der Waals surface area contributed by atoms with Gasteiger partial charge in [-0.3, -0.25) is 4.57 Å². The maximum absolute atomic E-state index is 5.32. The number of benzene rings is 2. The zero-order valence-electron chi connectivity index (χ0n) is 14.5. The zero-order chi connectivity index (χ0) is 17.9. The van der Waals surface area contributed by atoms with Crippen LogP contribution in [0.1, 0.15) is 23.9 Å². The topological polar surface area (TPSA) is 56.7 Å². The molecule has 0 aliphatic carbocycles. The van der Waals surface area contributed by atoms with Crippen LogP contribution in [-0.4, -0.2) is 19.7 Å². The van der Waals surface area contributed by atoms with E-state index < -0.39 is 0 Å². The average molecular weight is 362 g/mol. The molecule has 0 radical (unpaired) electrons. The van der Waals surface area contributed by atoms with Gasteiger partial charge in [0, 0.05) is 11.3 Å². The molecule has 2 aromatic heterocycles. The molecule has 2 aromatic carbocycles. The Hall–Kier alpha value is -2.86. The number of thioether (sulfide) groups is 1. The first-order chi connectivity index (χ1) is 12.7. The summed E-state index contributed by atoms with van der Waals surface area (Å²) < 4.78 is 7.48. The SMILES string of the molecule is Cc1noc([C@@H](C)Sc2ncc(-c3ccccc3)n2-c2ccccc2)n1. The molecule has 0 bridgehead atoms. The fourth-order valence-corrected chi connectivity index (χ4v) is 3.68. The average Bonchev–Trinajstić information content (AvgIpc) is 3.29. The van der Waals surface area contributed by atoms with E-state index in [0.717, 1.165) is 22.1 Å². The van der Waals surface area contributed by atoms with E-state index >= 15 is 0 Å². The molecule has 0 unspecified atom stereocenters. The lowest BCUT2D eigenvalue weighted by Crippen LogP contribution is -2.00. The molecular weight excluding hydrogens is 344 g/mol. The van der Waals surface area contributed by atoms with Crippen LogP contribution in [0.25, 0.3) is 16.9 Å². The number of hydrogen-bond acceptors (Lipinski definition) is 5. The molecule has 0 fully saturated rings. The van der Waals surface area contributed by atoms with Crippen molar-refractivity contribution < 1.29 is 4.52 Å². The molecule has 0 N–H and O–H groups in total. The van der Waals surface area contributed by atoms with Gasteiger partial charge in [-0.2, -0.15) is 4.98 Å². The maximum Gasteiger partial charge on any atom is 0.239 e. The maximum atomic E-state index is 5.32. The molecule has 1 atom stereocenters. The summed E-state index contributed by atoms with van der Waals surface area (Å²) in [5.41, 5.74) is 3.24. The molecule has 2 heterocycles. The number of rotatable bonds is 5. The smallest absolute Gasteiger partial charge is 0.239 e. The second-order valence-corrected chi connectivity index (χ2v) is 7.21. The summed E-state index contributed by atoms with van der Waals surface area (Å²) in [7, 11) is 0. The Kier molecular flexibility index (Phi) is 4.58. The van der Waals surface area contributed by atoms with E-state index in [1.165, 1.54) is 0 Å². The quantitative estimate of drug-likeness (QED) is 0.463. The number of aromatic nitrogens is 4. The van der Waals surface area contributed by atoms with Crippen molar-refractivity contribution in [3.05, 3.63) is 78.6 Å². The van der Waals surface area contributed by atoms with Crippen LogP contribution in [0.3, 0.4) is 0 Å². The number of para-hydroxylation sites is 1. The Morgan fingerprint density at radius 3 is 2.35 bits per heavy atom. The van der Waals surface area contributed by atoms with Gasteiger partial charge in [0.15, 0.2) is 11.0 Å². The van der Waals surface area contributed by atoms with Crippen molar-refractivity contribution in [3.8, 4) is 16.9 Å².